The first-order valence-electron chi connectivity index (χ1n) is 8.76. The average Bonchev–Trinajstić information content (AvgIpc) is 2.66. The third-order valence-electron chi connectivity index (χ3n) is 5.94. The summed E-state index contributed by atoms with van der Waals surface area (Å²) in [7, 11) is 1.63. The highest BCUT2D eigenvalue weighted by Gasteiger charge is 2.49. The number of aromatic nitrogens is 1. The van der Waals surface area contributed by atoms with E-state index in [0.29, 0.717) is 6.54 Å². The number of piperidine rings is 3. The van der Waals surface area contributed by atoms with Crippen LogP contribution in [0.4, 0.5) is 0 Å². The van der Waals surface area contributed by atoms with Gasteiger partial charge in [0.2, 0.25) is 0 Å². The van der Waals surface area contributed by atoms with Gasteiger partial charge in [-0.2, -0.15) is 0 Å². The molecule has 2 N–H and O–H groups in total. The Hall–Kier alpha value is -1.95. The third-order valence-corrected chi connectivity index (χ3v) is 5.94. The minimum Gasteiger partial charge on any atom is -0.497 e. The van der Waals surface area contributed by atoms with E-state index < -0.39 is 11.7 Å². The maximum Gasteiger partial charge on any atom is 0.119 e. The zero-order valence-corrected chi connectivity index (χ0v) is 14.4. The van der Waals surface area contributed by atoms with Crippen molar-refractivity contribution in [2.24, 2.45) is 5.92 Å². The molecule has 0 aliphatic carbocycles. The smallest absolute Gasteiger partial charge is 0.119 e. The zero-order chi connectivity index (χ0) is 17.6. The fraction of sp³-hybridized carbons (Fsp3) is 0.450. The van der Waals surface area contributed by atoms with Crippen molar-refractivity contribution in [1.82, 2.24) is 9.88 Å². The molecule has 3 aliphatic rings. The van der Waals surface area contributed by atoms with Crippen molar-refractivity contribution in [3.8, 4) is 5.75 Å². The van der Waals surface area contributed by atoms with Crippen LogP contribution in [0.1, 0.15) is 24.5 Å². The Balaban J connectivity index is 1.69. The third kappa shape index (κ3) is 2.63. The van der Waals surface area contributed by atoms with E-state index in [1.807, 2.05) is 24.3 Å². The average molecular weight is 340 g/mol. The van der Waals surface area contributed by atoms with Gasteiger partial charge in [-0.3, -0.25) is 9.88 Å². The van der Waals surface area contributed by atoms with Gasteiger partial charge in [0.1, 0.15) is 5.75 Å². The molecule has 3 fully saturated rings. The molecule has 1 aromatic heterocycles. The molecule has 132 valence electrons. The number of benzene rings is 1. The van der Waals surface area contributed by atoms with Crippen molar-refractivity contribution in [3.63, 3.8) is 0 Å². The molecule has 0 spiro atoms. The van der Waals surface area contributed by atoms with Crippen molar-refractivity contribution in [3.05, 3.63) is 48.7 Å². The number of ether oxygens (including phenoxy) is 1. The Bertz CT molecular complexity index is 809. The predicted octanol–water partition coefficient (Wildman–Crippen LogP) is 2.29. The Morgan fingerprint density at radius 3 is 2.96 bits per heavy atom. The minimum absolute atomic E-state index is 0.00391. The van der Waals surface area contributed by atoms with Crippen molar-refractivity contribution >= 4 is 10.9 Å². The lowest BCUT2D eigenvalue weighted by molar-refractivity contribution is -0.127. The molecule has 0 saturated carbocycles. The molecule has 5 nitrogen and oxygen atoms in total. The largest absolute Gasteiger partial charge is 0.497 e. The van der Waals surface area contributed by atoms with Crippen LogP contribution in [-0.2, 0) is 0 Å². The summed E-state index contributed by atoms with van der Waals surface area (Å²) >= 11 is 0. The van der Waals surface area contributed by atoms with E-state index in [-0.39, 0.29) is 12.0 Å². The standard InChI is InChI=1S/C20H24N2O3/c1-3-20(24)12-22-9-7-13(20)10-18(22)19(23)15-6-8-21-17-5-4-14(25-2)11-16(15)17/h3-6,8,11,13,18-19,23-24H,1,7,9-10,12H2,2H3/t13-,18-,19-,20-/m0/s1. The summed E-state index contributed by atoms with van der Waals surface area (Å²) in [6, 6.07) is 7.60. The minimum atomic E-state index is -0.835. The van der Waals surface area contributed by atoms with E-state index in [0.717, 1.165) is 41.6 Å². The second-order valence-corrected chi connectivity index (χ2v) is 7.18. The van der Waals surface area contributed by atoms with Crippen LogP contribution in [0.15, 0.2) is 43.1 Å². The topological polar surface area (TPSA) is 65.8 Å². The maximum absolute atomic E-state index is 11.2. The molecular formula is C20H24N2O3. The van der Waals surface area contributed by atoms with Gasteiger partial charge in [0.25, 0.3) is 0 Å². The first-order valence-corrected chi connectivity index (χ1v) is 8.76. The fourth-order valence-corrected chi connectivity index (χ4v) is 4.45. The predicted molar refractivity (Wildman–Crippen MR) is 96.5 cm³/mol. The number of nitrogens with zero attached hydrogens (tertiary/aromatic N) is 2. The van der Waals surface area contributed by atoms with Gasteiger partial charge in [-0.1, -0.05) is 6.08 Å². The molecule has 2 aromatic rings. The molecule has 1 unspecified atom stereocenters. The number of methoxy groups -OCH3 is 1. The monoisotopic (exact) mass is 340 g/mol. The fourth-order valence-electron chi connectivity index (χ4n) is 4.45. The van der Waals surface area contributed by atoms with E-state index in [1.165, 1.54) is 0 Å². The van der Waals surface area contributed by atoms with Crippen LogP contribution in [0.25, 0.3) is 10.9 Å². The molecule has 1 aromatic carbocycles. The van der Waals surface area contributed by atoms with Crippen molar-refractivity contribution in [2.45, 2.75) is 30.6 Å². The Kier molecular flexibility index (Phi) is 4.02. The van der Waals surface area contributed by atoms with Crippen LogP contribution in [0, 0.1) is 5.92 Å². The zero-order valence-electron chi connectivity index (χ0n) is 14.4. The van der Waals surface area contributed by atoms with Crippen molar-refractivity contribution < 1.29 is 14.9 Å². The number of fused-ring (bicyclic) bond motifs is 4. The van der Waals surface area contributed by atoms with Crippen molar-refractivity contribution in [2.75, 3.05) is 20.2 Å². The van der Waals surface area contributed by atoms with Gasteiger partial charge in [0, 0.05) is 24.2 Å². The molecule has 5 rings (SSSR count). The van der Waals surface area contributed by atoms with Crippen LogP contribution >= 0.6 is 0 Å². The van der Waals surface area contributed by atoms with E-state index in [1.54, 1.807) is 19.4 Å². The first-order chi connectivity index (χ1) is 12.1. The van der Waals surface area contributed by atoms with Crippen molar-refractivity contribution in [1.29, 1.82) is 0 Å². The SMILES string of the molecule is C=C[C@]1(O)CN2CC[C@H]1C[C@H]2[C@@H](O)c1ccnc2ccc(OC)cc12. The first kappa shape index (κ1) is 16.5. The maximum atomic E-state index is 11.2. The van der Waals surface area contributed by atoms with Crippen LogP contribution in [0.2, 0.25) is 0 Å². The normalized spacial score (nSPS) is 32.5. The number of hydrogen-bond acceptors (Lipinski definition) is 5. The van der Waals surface area contributed by atoms with Gasteiger partial charge in [-0.05, 0) is 55.1 Å². The lowest BCUT2D eigenvalue weighted by atomic mass is 9.71. The summed E-state index contributed by atoms with van der Waals surface area (Å²) in [6.45, 7) is 5.24. The summed E-state index contributed by atoms with van der Waals surface area (Å²) < 4.78 is 5.33. The summed E-state index contributed by atoms with van der Waals surface area (Å²) in [6.07, 6.45) is 4.48. The molecule has 5 heteroatoms. The second kappa shape index (κ2) is 6.09. The van der Waals surface area contributed by atoms with Crippen LogP contribution in [0.3, 0.4) is 0 Å². The molecule has 5 atom stereocenters. The second-order valence-electron chi connectivity index (χ2n) is 7.18. The molecule has 0 amide bonds. The van der Waals surface area contributed by atoms with Crippen LogP contribution in [0.5, 0.6) is 5.75 Å². The number of rotatable bonds is 4. The molecule has 3 aliphatic heterocycles. The van der Waals surface area contributed by atoms with Gasteiger partial charge in [0.15, 0.2) is 0 Å². The Morgan fingerprint density at radius 1 is 1.44 bits per heavy atom. The van der Waals surface area contributed by atoms with E-state index in [2.05, 4.69) is 16.5 Å². The van der Waals surface area contributed by atoms with E-state index in [4.69, 9.17) is 4.74 Å². The number of aliphatic hydroxyl groups excluding tert-OH is 1. The number of aliphatic hydroxyl groups is 2. The van der Waals surface area contributed by atoms with Crippen LogP contribution < -0.4 is 4.74 Å². The van der Waals surface area contributed by atoms with Gasteiger partial charge >= 0.3 is 0 Å². The van der Waals surface area contributed by atoms with E-state index >= 15 is 0 Å². The number of pyridine rings is 1. The Morgan fingerprint density at radius 2 is 2.28 bits per heavy atom. The molecule has 0 radical (unpaired) electrons. The summed E-state index contributed by atoms with van der Waals surface area (Å²) in [5.74, 6) is 0.901. The van der Waals surface area contributed by atoms with Gasteiger partial charge in [-0.25, -0.2) is 0 Å². The van der Waals surface area contributed by atoms with Gasteiger partial charge in [0.05, 0.1) is 24.3 Å². The number of hydrogen-bond donors (Lipinski definition) is 2. The highest BCUT2D eigenvalue weighted by molar-refractivity contribution is 5.83. The lowest BCUT2D eigenvalue weighted by Crippen LogP contribution is -2.63. The van der Waals surface area contributed by atoms with Crippen LogP contribution in [-0.4, -0.2) is 51.9 Å². The lowest BCUT2D eigenvalue weighted by Gasteiger charge is -2.54. The molecule has 3 saturated heterocycles. The highest BCUT2D eigenvalue weighted by Crippen LogP contribution is 2.44. The highest BCUT2D eigenvalue weighted by atomic mass is 16.5. The van der Waals surface area contributed by atoms with E-state index in [9.17, 15) is 10.2 Å². The van der Waals surface area contributed by atoms with Gasteiger partial charge in [-0.15, -0.1) is 6.58 Å². The molecule has 2 bridgehead atoms. The Labute approximate surface area is 147 Å². The summed E-state index contributed by atoms with van der Waals surface area (Å²) in [5, 5.41) is 22.8. The molecule has 25 heavy (non-hydrogen) atoms. The quantitative estimate of drug-likeness (QED) is 0.836. The summed E-state index contributed by atoms with van der Waals surface area (Å²) in [4.78, 5) is 6.59. The van der Waals surface area contributed by atoms with Gasteiger partial charge < -0.3 is 14.9 Å². The molecular weight excluding hydrogens is 316 g/mol. The summed E-state index contributed by atoms with van der Waals surface area (Å²) in [5.41, 5.74) is 0.873. The molecule has 4 heterocycles.